The second kappa shape index (κ2) is 8.98. The van der Waals surface area contributed by atoms with Crippen molar-refractivity contribution in [2.24, 2.45) is 4.99 Å². The maximum atomic E-state index is 12.3. The van der Waals surface area contributed by atoms with Crippen molar-refractivity contribution in [1.29, 1.82) is 0 Å². The summed E-state index contributed by atoms with van der Waals surface area (Å²) >= 11 is 7.78. The predicted molar refractivity (Wildman–Crippen MR) is 104 cm³/mol. The van der Waals surface area contributed by atoms with Gasteiger partial charge >= 0.3 is 0 Å². The number of methoxy groups -OCH3 is 1. The average molecular weight is 391 g/mol. The molecule has 3 aromatic rings. The third-order valence-corrected chi connectivity index (χ3v) is 5.07. The van der Waals surface area contributed by atoms with E-state index < -0.39 is 0 Å². The Hall–Kier alpha value is -2.15. The van der Waals surface area contributed by atoms with E-state index in [2.05, 4.69) is 4.99 Å². The molecule has 3 rings (SSSR count). The zero-order chi connectivity index (χ0) is 18.4. The van der Waals surface area contributed by atoms with Crippen molar-refractivity contribution in [1.82, 2.24) is 4.57 Å². The van der Waals surface area contributed by atoms with Gasteiger partial charge in [-0.25, -0.2) is 0 Å². The van der Waals surface area contributed by atoms with Crippen LogP contribution in [0.3, 0.4) is 0 Å². The van der Waals surface area contributed by atoms with Crippen molar-refractivity contribution in [3.63, 3.8) is 0 Å². The van der Waals surface area contributed by atoms with Crippen LogP contribution in [-0.2, 0) is 16.1 Å². The highest BCUT2D eigenvalue weighted by molar-refractivity contribution is 7.16. The van der Waals surface area contributed by atoms with Crippen LogP contribution in [0.4, 0.5) is 0 Å². The standard InChI is InChI=1S/C19H19ClN2O3S/c1-24-13-11-22-18-15(20)8-5-9-16(18)26-19(22)21-17(23)10-12-25-14-6-3-2-4-7-14/h2-9H,10-13H2,1H3. The van der Waals surface area contributed by atoms with Crippen molar-refractivity contribution < 1.29 is 14.3 Å². The molecule has 136 valence electrons. The van der Waals surface area contributed by atoms with Crippen LogP contribution < -0.4 is 9.54 Å². The molecule has 0 atom stereocenters. The molecule has 0 aliphatic rings. The van der Waals surface area contributed by atoms with Gasteiger partial charge in [-0.1, -0.05) is 47.2 Å². The topological polar surface area (TPSA) is 52.8 Å². The lowest BCUT2D eigenvalue weighted by atomic mass is 10.3. The van der Waals surface area contributed by atoms with Gasteiger partial charge in [0.2, 0.25) is 0 Å². The lowest BCUT2D eigenvalue weighted by molar-refractivity contribution is -0.118. The molecular weight excluding hydrogens is 372 g/mol. The van der Waals surface area contributed by atoms with Crippen molar-refractivity contribution in [3.8, 4) is 5.75 Å². The number of carbonyl (C=O) groups is 1. The number of fused-ring (bicyclic) bond motifs is 1. The third kappa shape index (κ3) is 4.52. The Kier molecular flexibility index (Phi) is 6.44. The first-order chi connectivity index (χ1) is 12.7. The van der Waals surface area contributed by atoms with Crippen LogP contribution in [0.25, 0.3) is 10.2 Å². The Balaban J connectivity index is 1.79. The summed E-state index contributed by atoms with van der Waals surface area (Å²) in [7, 11) is 1.64. The summed E-state index contributed by atoms with van der Waals surface area (Å²) in [5.74, 6) is 0.513. The molecule has 0 aliphatic heterocycles. The van der Waals surface area contributed by atoms with Crippen LogP contribution in [0.5, 0.6) is 5.75 Å². The van der Waals surface area contributed by atoms with E-state index >= 15 is 0 Å². The molecule has 0 bridgehead atoms. The number of rotatable bonds is 7. The Bertz CT molecular complexity index is 950. The van der Waals surface area contributed by atoms with Gasteiger partial charge in [-0.2, -0.15) is 4.99 Å². The van der Waals surface area contributed by atoms with E-state index in [1.54, 1.807) is 7.11 Å². The molecule has 0 N–H and O–H groups in total. The molecule has 2 aromatic carbocycles. The van der Waals surface area contributed by atoms with Gasteiger partial charge in [-0.05, 0) is 24.3 Å². The zero-order valence-electron chi connectivity index (χ0n) is 14.4. The molecule has 0 saturated carbocycles. The highest BCUT2D eigenvalue weighted by Gasteiger charge is 2.11. The van der Waals surface area contributed by atoms with Crippen LogP contribution in [0.1, 0.15) is 6.42 Å². The molecule has 5 nitrogen and oxygen atoms in total. The number of carbonyl (C=O) groups excluding carboxylic acids is 1. The number of ether oxygens (including phenoxy) is 2. The summed E-state index contributed by atoms with van der Waals surface area (Å²) in [6, 6.07) is 15.1. The summed E-state index contributed by atoms with van der Waals surface area (Å²) in [6.45, 7) is 1.37. The number of para-hydroxylation sites is 2. The second-order valence-corrected chi connectivity index (χ2v) is 6.95. The minimum atomic E-state index is -0.227. The fraction of sp³-hybridized carbons (Fsp3) is 0.263. The molecule has 26 heavy (non-hydrogen) atoms. The van der Waals surface area contributed by atoms with E-state index in [-0.39, 0.29) is 18.9 Å². The lowest BCUT2D eigenvalue weighted by Gasteiger charge is -2.06. The van der Waals surface area contributed by atoms with Crippen molar-refractivity contribution in [2.45, 2.75) is 13.0 Å². The maximum absolute atomic E-state index is 12.3. The lowest BCUT2D eigenvalue weighted by Crippen LogP contribution is -2.20. The van der Waals surface area contributed by atoms with Crippen molar-refractivity contribution >= 4 is 39.1 Å². The first-order valence-electron chi connectivity index (χ1n) is 8.21. The molecule has 1 amide bonds. The molecule has 0 unspecified atom stereocenters. The van der Waals surface area contributed by atoms with Crippen LogP contribution >= 0.6 is 22.9 Å². The largest absolute Gasteiger partial charge is 0.493 e. The van der Waals surface area contributed by atoms with E-state index in [1.807, 2.05) is 53.1 Å². The van der Waals surface area contributed by atoms with Gasteiger partial charge in [0.15, 0.2) is 4.80 Å². The number of thiazole rings is 1. The van der Waals surface area contributed by atoms with Crippen LogP contribution in [-0.4, -0.2) is 30.8 Å². The van der Waals surface area contributed by atoms with E-state index in [0.717, 1.165) is 16.0 Å². The van der Waals surface area contributed by atoms with Gasteiger partial charge in [-0.3, -0.25) is 4.79 Å². The number of halogens is 1. The van der Waals surface area contributed by atoms with Crippen molar-refractivity contribution in [2.75, 3.05) is 20.3 Å². The average Bonchev–Trinajstić information content (AvgIpc) is 2.99. The first-order valence-corrected chi connectivity index (χ1v) is 9.40. The van der Waals surface area contributed by atoms with Gasteiger partial charge in [0.1, 0.15) is 5.75 Å². The summed E-state index contributed by atoms with van der Waals surface area (Å²) in [5.41, 5.74) is 0.878. The highest BCUT2D eigenvalue weighted by atomic mass is 35.5. The first kappa shape index (κ1) is 18.6. The fourth-order valence-electron chi connectivity index (χ4n) is 2.50. The Morgan fingerprint density at radius 1 is 1.15 bits per heavy atom. The zero-order valence-corrected chi connectivity index (χ0v) is 15.9. The molecular formula is C19H19ClN2O3S. The Morgan fingerprint density at radius 3 is 2.73 bits per heavy atom. The SMILES string of the molecule is COCCn1c(=NC(=O)CCOc2ccccc2)sc2cccc(Cl)c21. The van der Waals surface area contributed by atoms with E-state index in [4.69, 9.17) is 21.1 Å². The maximum Gasteiger partial charge on any atom is 0.251 e. The third-order valence-electron chi connectivity index (χ3n) is 3.72. The smallest absolute Gasteiger partial charge is 0.251 e. The summed E-state index contributed by atoms with van der Waals surface area (Å²) < 4.78 is 13.7. The van der Waals surface area contributed by atoms with Gasteiger partial charge in [0, 0.05) is 13.7 Å². The molecule has 0 aliphatic carbocycles. The van der Waals surface area contributed by atoms with E-state index in [9.17, 15) is 4.79 Å². The molecule has 0 spiro atoms. The van der Waals surface area contributed by atoms with E-state index in [0.29, 0.717) is 23.0 Å². The number of benzene rings is 2. The summed E-state index contributed by atoms with van der Waals surface area (Å²) in [6.07, 6.45) is 0.209. The van der Waals surface area contributed by atoms with Crippen LogP contribution in [0.15, 0.2) is 53.5 Å². The number of nitrogens with zero attached hydrogens (tertiary/aromatic N) is 2. The minimum Gasteiger partial charge on any atom is -0.493 e. The predicted octanol–water partition coefficient (Wildman–Crippen LogP) is 3.90. The van der Waals surface area contributed by atoms with Crippen LogP contribution in [0, 0.1) is 0 Å². The van der Waals surface area contributed by atoms with Gasteiger partial charge in [0.25, 0.3) is 5.91 Å². The number of amides is 1. The highest BCUT2D eigenvalue weighted by Crippen LogP contribution is 2.25. The number of hydrogen-bond donors (Lipinski definition) is 0. The quantitative estimate of drug-likeness (QED) is 0.614. The minimum absolute atomic E-state index is 0.209. The molecule has 7 heteroatoms. The van der Waals surface area contributed by atoms with Gasteiger partial charge in [-0.15, -0.1) is 0 Å². The molecule has 0 radical (unpaired) electrons. The van der Waals surface area contributed by atoms with Crippen LogP contribution in [0.2, 0.25) is 5.02 Å². The van der Waals surface area contributed by atoms with Gasteiger partial charge < -0.3 is 14.0 Å². The molecule has 1 aromatic heterocycles. The normalized spacial score (nSPS) is 11.8. The Morgan fingerprint density at radius 2 is 1.96 bits per heavy atom. The fourth-order valence-corrected chi connectivity index (χ4v) is 3.93. The molecule has 0 fully saturated rings. The van der Waals surface area contributed by atoms with E-state index in [1.165, 1.54) is 11.3 Å². The number of aromatic nitrogens is 1. The number of hydrogen-bond acceptors (Lipinski definition) is 4. The van der Waals surface area contributed by atoms with Gasteiger partial charge in [0.05, 0.1) is 34.9 Å². The Labute approximate surface area is 160 Å². The molecule has 0 saturated heterocycles. The summed E-state index contributed by atoms with van der Waals surface area (Å²) in [5, 5.41) is 0.635. The summed E-state index contributed by atoms with van der Waals surface area (Å²) in [4.78, 5) is 17.2. The van der Waals surface area contributed by atoms with Crippen molar-refractivity contribution in [3.05, 3.63) is 58.4 Å². The second-order valence-electron chi connectivity index (χ2n) is 5.53. The molecule has 1 heterocycles. The monoisotopic (exact) mass is 390 g/mol.